The molecule has 1 N–H and O–H groups in total. The first-order chi connectivity index (χ1) is 17.3. The number of fused-ring (bicyclic) bond motifs is 1. The molecular weight excluding hydrogens is 464 g/mol. The Kier molecular flexibility index (Phi) is 5.45. The third kappa shape index (κ3) is 4.00. The van der Waals surface area contributed by atoms with Gasteiger partial charge in [-0.25, -0.2) is 28.7 Å². The average molecular weight is 492 g/mol. The lowest BCUT2D eigenvalue weighted by atomic mass is 9.78. The van der Waals surface area contributed by atoms with Crippen LogP contribution in [-0.4, -0.2) is 55.7 Å². The molecule has 8 nitrogen and oxygen atoms in total. The van der Waals surface area contributed by atoms with E-state index in [1.165, 1.54) is 6.07 Å². The van der Waals surface area contributed by atoms with Crippen molar-refractivity contribution in [3.8, 4) is 11.3 Å². The van der Waals surface area contributed by atoms with E-state index in [9.17, 15) is 8.78 Å². The number of nitrogens with one attached hydrogen (secondary N) is 1. The fourth-order valence-electron chi connectivity index (χ4n) is 5.24. The lowest BCUT2D eigenvalue weighted by Gasteiger charge is -2.55. The van der Waals surface area contributed by atoms with Gasteiger partial charge in [-0.2, -0.15) is 0 Å². The van der Waals surface area contributed by atoms with E-state index >= 15 is 0 Å². The average Bonchev–Trinajstić information content (AvgIpc) is 3.13. The van der Waals surface area contributed by atoms with Gasteiger partial charge in [-0.3, -0.25) is 4.90 Å². The minimum atomic E-state index is -0.640. The molecule has 0 saturated carbocycles. The van der Waals surface area contributed by atoms with E-state index < -0.39 is 11.6 Å². The van der Waals surface area contributed by atoms with Crippen LogP contribution >= 0.6 is 0 Å². The number of nitrogens with zero attached hydrogens (tertiary/aromatic N) is 6. The molecule has 2 aliphatic rings. The minimum absolute atomic E-state index is 0.00534. The van der Waals surface area contributed by atoms with Crippen LogP contribution in [0.4, 0.5) is 20.5 Å². The highest BCUT2D eigenvalue weighted by Gasteiger charge is 2.48. The third-order valence-corrected chi connectivity index (χ3v) is 6.86. The van der Waals surface area contributed by atoms with Crippen molar-refractivity contribution in [1.82, 2.24) is 29.4 Å². The van der Waals surface area contributed by atoms with Crippen molar-refractivity contribution in [2.45, 2.75) is 33.4 Å². The summed E-state index contributed by atoms with van der Waals surface area (Å²) in [4.78, 5) is 19.6. The number of rotatable bonds is 6. The number of ether oxygens (including phenoxy) is 1. The second-order valence-electron chi connectivity index (χ2n) is 10.2. The number of imidazole rings is 1. The van der Waals surface area contributed by atoms with Gasteiger partial charge in [0.25, 0.3) is 0 Å². The zero-order valence-corrected chi connectivity index (χ0v) is 20.4. The number of likely N-dealkylation sites (tertiary alicyclic amines) is 1. The van der Waals surface area contributed by atoms with Crippen molar-refractivity contribution < 1.29 is 13.5 Å². The SMILES string of the molecule is Cc1nc2c(F)cc(-c3nc(Nc4ccc(CN5CC6(COC6)C5)cn4)ncc3F)cc2n1C(C)C. The Bertz CT molecular complexity index is 1440. The minimum Gasteiger partial charge on any atom is -0.380 e. The van der Waals surface area contributed by atoms with Gasteiger partial charge in [-0.05, 0) is 44.5 Å². The summed E-state index contributed by atoms with van der Waals surface area (Å²) in [7, 11) is 0. The monoisotopic (exact) mass is 491 g/mol. The number of pyridine rings is 1. The van der Waals surface area contributed by atoms with Crippen molar-refractivity contribution in [2.24, 2.45) is 5.41 Å². The molecule has 5 heterocycles. The molecule has 2 fully saturated rings. The van der Waals surface area contributed by atoms with Gasteiger partial charge in [-0.1, -0.05) is 6.07 Å². The number of anilines is 2. The summed E-state index contributed by atoms with van der Waals surface area (Å²) in [5, 5.41) is 3.03. The fourth-order valence-corrected chi connectivity index (χ4v) is 5.24. The summed E-state index contributed by atoms with van der Waals surface area (Å²) in [6.07, 6.45) is 2.89. The molecule has 1 aromatic carbocycles. The Labute approximate surface area is 207 Å². The molecule has 36 heavy (non-hydrogen) atoms. The van der Waals surface area contributed by atoms with Crippen LogP contribution in [0, 0.1) is 24.0 Å². The Morgan fingerprint density at radius 1 is 1.06 bits per heavy atom. The number of benzene rings is 1. The first-order valence-corrected chi connectivity index (χ1v) is 12.0. The Balaban J connectivity index is 1.22. The van der Waals surface area contributed by atoms with Crippen LogP contribution in [0.2, 0.25) is 0 Å². The molecule has 4 aromatic rings. The molecule has 0 aliphatic carbocycles. The standard InChI is InChI=1S/C26H27F2N7O/c1-15(2)35-16(3)31-24-19(27)6-18(7-21(24)35)23-20(28)9-30-25(33-23)32-22-5-4-17(8-29-22)10-34-11-26(12-34)13-36-14-26/h4-9,15H,10-14H2,1-3H3,(H,29,30,32,33). The van der Waals surface area contributed by atoms with Crippen LogP contribution in [0.3, 0.4) is 0 Å². The molecule has 0 amide bonds. The molecule has 2 aliphatic heterocycles. The normalized spacial score (nSPS) is 16.9. The lowest BCUT2D eigenvalue weighted by molar-refractivity contribution is -0.191. The van der Waals surface area contributed by atoms with Gasteiger partial charge < -0.3 is 14.6 Å². The van der Waals surface area contributed by atoms with E-state index in [-0.39, 0.29) is 23.2 Å². The highest BCUT2D eigenvalue weighted by Crippen LogP contribution is 2.38. The number of hydrogen-bond acceptors (Lipinski definition) is 7. The first kappa shape index (κ1) is 22.9. The number of hydrogen-bond donors (Lipinski definition) is 1. The summed E-state index contributed by atoms with van der Waals surface area (Å²) in [5.41, 5.74) is 2.67. The highest BCUT2D eigenvalue weighted by molar-refractivity contribution is 5.83. The Morgan fingerprint density at radius 3 is 2.53 bits per heavy atom. The van der Waals surface area contributed by atoms with E-state index in [1.807, 2.05) is 43.7 Å². The summed E-state index contributed by atoms with van der Waals surface area (Å²) in [6, 6.07) is 6.90. The van der Waals surface area contributed by atoms with Gasteiger partial charge >= 0.3 is 0 Å². The van der Waals surface area contributed by atoms with Gasteiger partial charge in [0.2, 0.25) is 5.95 Å². The number of aryl methyl sites for hydroxylation is 1. The maximum Gasteiger partial charge on any atom is 0.229 e. The van der Waals surface area contributed by atoms with Crippen molar-refractivity contribution in [3.05, 3.63) is 59.7 Å². The third-order valence-electron chi connectivity index (χ3n) is 6.86. The van der Waals surface area contributed by atoms with E-state index in [4.69, 9.17) is 4.74 Å². The highest BCUT2D eigenvalue weighted by atomic mass is 19.1. The van der Waals surface area contributed by atoms with Crippen LogP contribution in [-0.2, 0) is 11.3 Å². The zero-order valence-electron chi connectivity index (χ0n) is 20.4. The number of halogens is 2. The van der Waals surface area contributed by atoms with Crippen molar-refractivity contribution in [3.63, 3.8) is 0 Å². The molecule has 0 atom stereocenters. The van der Waals surface area contributed by atoms with Crippen LogP contribution < -0.4 is 5.32 Å². The van der Waals surface area contributed by atoms with Crippen molar-refractivity contribution >= 4 is 22.8 Å². The molecule has 3 aromatic heterocycles. The maximum atomic E-state index is 14.9. The molecule has 1 spiro atoms. The van der Waals surface area contributed by atoms with Gasteiger partial charge in [0, 0.05) is 42.9 Å². The largest absolute Gasteiger partial charge is 0.380 e. The molecule has 0 bridgehead atoms. The molecular formula is C26H27F2N7O. The van der Waals surface area contributed by atoms with Crippen molar-refractivity contribution in [2.75, 3.05) is 31.6 Å². The van der Waals surface area contributed by atoms with Gasteiger partial charge in [-0.15, -0.1) is 0 Å². The van der Waals surface area contributed by atoms with Gasteiger partial charge in [0.05, 0.1) is 24.9 Å². The van der Waals surface area contributed by atoms with Crippen LogP contribution in [0.5, 0.6) is 0 Å². The first-order valence-electron chi connectivity index (χ1n) is 12.0. The second-order valence-corrected chi connectivity index (χ2v) is 10.2. The lowest BCUT2D eigenvalue weighted by Crippen LogP contribution is -2.65. The second kappa shape index (κ2) is 8.56. The van der Waals surface area contributed by atoms with Gasteiger partial charge in [0.1, 0.15) is 22.9 Å². The summed E-state index contributed by atoms with van der Waals surface area (Å²) in [5.74, 6) is 0.253. The quantitative estimate of drug-likeness (QED) is 0.421. The van der Waals surface area contributed by atoms with Crippen molar-refractivity contribution in [1.29, 1.82) is 0 Å². The molecule has 2 saturated heterocycles. The van der Waals surface area contributed by atoms with E-state index in [0.717, 1.165) is 44.6 Å². The van der Waals surface area contributed by atoms with Gasteiger partial charge in [0.15, 0.2) is 11.6 Å². The molecule has 0 unspecified atom stereocenters. The molecule has 10 heteroatoms. The predicted molar refractivity (Wildman–Crippen MR) is 132 cm³/mol. The van der Waals surface area contributed by atoms with E-state index in [0.29, 0.717) is 28.1 Å². The summed E-state index contributed by atoms with van der Waals surface area (Å²) >= 11 is 0. The van der Waals surface area contributed by atoms with Crippen LogP contribution in [0.1, 0.15) is 31.3 Å². The van der Waals surface area contributed by atoms with Crippen LogP contribution in [0.25, 0.3) is 22.3 Å². The Hall–Kier alpha value is -3.50. The fraction of sp³-hybridized carbons (Fsp3) is 0.385. The summed E-state index contributed by atoms with van der Waals surface area (Å²) < 4.78 is 36.9. The van der Waals surface area contributed by atoms with Crippen LogP contribution in [0.15, 0.2) is 36.7 Å². The molecule has 6 rings (SSSR count). The topological polar surface area (TPSA) is 81.0 Å². The number of aromatic nitrogens is 5. The maximum absolute atomic E-state index is 14.9. The molecule has 186 valence electrons. The Morgan fingerprint density at radius 2 is 1.86 bits per heavy atom. The predicted octanol–water partition coefficient (Wildman–Crippen LogP) is 4.63. The smallest absolute Gasteiger partial charge is 0.229 e. The van der Waals surface area contributed by atoms with E-state index in [2.05, 4.69) is 30.2 Å². The summed E-state index contributed by atoms with van der Waals surface area (Å²) in [6.45, 7) is 10.5. The van der Waals surface area contributed by atoms with E-state index in [1.54, 1.807) is 6.07 Å². The molecule has 0 radical (unpaired) electrons. The zero-order chi connectivity index (χ0) is 25.0.